The second kappa shape index (κ2) is 4.92. The summed E-state index contributed by atoms with van der Waals surface area (Å²) in [5, 5.41) is 4.83. The Morgan fingerprint density at radius 2 is 1.95 bits per heavy atom. The molecule has 2 atom stereocenters. The van der Waals surface area contributed by atoms with Gasteiger partial charge < -0.3 is 10.2 Å². The Morgan fingerprint density at radius 1 is 1.14 bits per heavy atom. The Kier molecular flexibility index (Phi) is 3.15. The molecule has 2 fully saturated rings. The third kappa shape index (κ3) is 2.14. The van der Waals surface area contributed by atoms with Crippen LogP contribution < -0.4 is 10.2 Å². The van der Waals surface area contributed by atoms with Crippen molar-refractivity contribution in [1.82, 2.24) is 15.3 Å². The molecule has 4 nitrogen and oxygen atoms in total. The number of thiophene rings is 1. The van der Waals surface area contributed by atoms with Gasteiger partial charge in [0, 0.05) is 18.0 Å². The van der Waals surface area contributed by atoms with Crippen LogP contribution in [0.5, 0.6) is 0 Å². The second-order valence-corrected chi connectivity index (χ2v) is 7.67. The number of fused-ring (bicyclic) bond motifs is 2. The van der Waals surface area contributed by atoms with Crippen LogP contribution in [-0.2, 0) is 0 Å². The first-order valence-corrected chi connectivity index (χ1v) is 8.65. The minimum atomic E-state index is 0.782. The van der Waals surface area contributed by atoms with E-state index in [2.05, 4.69) is 29.0 Å². The van der Waals surface area contributed by atoms with E-state index in [1.807, 2.05) is 6.92 Å². The van der Waals surface area contributed by atoms with E-state index in [9.17, 15) is 0 Å². The van der Waals surface area contributed by atoms with E-state index in [-0.39, 0.29) is 0 Å². The molecule has 2 aromatic heterocycles. The van der Waals surface area contributed by atoms with Gasteiger partial charge in [0.2, 0.25) is 0 Å². The van der Waals surface area contributed by atoms with Gasteiger partial charge in [-0.25, -0.2) is 9.97 Å². The highest BCUT2D eigenvalue weighted by Crippen LogP contribution is 2.37. The molecule has 2 aliphatic rings. The van der Waals surface area contributed by atoms with Crippen molar-refractivity contribution in [2.45, 2.75) is 27.2 Å². The molecule has 4 heterocycles. The van der Waals surface area contributed by atoms with Crippen LogP contribution in [0.2, 0.25) is 0 Å². The zero-order valence-electron chi connectivity index (χ0n) is 12.9. The van der Waals surface area contributed by atoms with Gasteiger partial charge in [0.05, 0.1) is 5.39 Å². The monoisotopic (exact) mass is 302 g/mol. The van der Waals surface area contributed by atoms with Crippen LogP contribution >= 0.6 is 11.3 Å². The molecule has 0 bridgehead atoms. The maximum Gasteiger partial charge on any atom is 0.141 e. The number of aryl methyl sites for hydroxylation is 3. The molecule has 21 heavy (non-hydrogen) atoms. The lowest BCUT2D eigenvalue weighted by molar-refractivity contribution is 0.348. The number of nitrogens with one attached hydrogen (secondary N) is 1. The molecule has 0 aromatic carbocycles. The summed E-state index contributed by atoms with van der Waals surface area (Å²) >= 11 is 1.80. The zero-order valence-corrected chi connectivity index (χ0v) is 13.8. The molecule has 0 aliphatic carbocycles. The molecule has 2 unspecified atom stereocenters. The van der Waals surface area contributed by atoms with Gasteiger partial charge in [0.1, 0.15) is 16.5 Å². The summed E-state index contributed by atoms with van der Waals surface area (Å²) in [4.78, 5) is 14.5. The first kappa shape index (κ1) is 13.5. The highest BCUT2D eigenvalue weighted by Gasteiger charge is 2.34. The minimum Gasteiger partial charge on any atom is -0.356 e. The molecule has 2 saturated heterocycles. The van der Waals surface area contributed by atoms with E-state index in [1.165, 1.54) is 34.6 Å². The fourth-order valence-corrected chi connectivity index (χ4v) is 4.86. The number of nitrogens with zero attached hydrogens (tertiary/aromatic N) is 3. The van der Waals surface area contributed by atoms with Crippen LogP contribution in [0.15, 0.2) is 0 Å². The quantitative estimate of drug-likeness (QED) is 0.879. The van der Waals surface area contributed by atoms with Crippen LogP contribution in [0.25, 0.3) is 10.2 Å². The van der Waals surface area contributed by atoms with Crippen molar-refractivity contribution in [2.75, 3.05) is 31.1 Å². The Balaban J connectivity index is 1.78. The molecule has 5 heteroatoms. The van der Waals surface area contributed by atoms with Crippen LogP contribution in [0.1, 0.15) is 22.7 Å². The molecule has 0 radical (unpaired) electrons. The molecule has 112 valence electrons. The Morgan fingerprint density at radius 3 is 2.81 bits per heavy atom. The summed E-state index contributed by atoms with van der Waals surface area (Å²) in [5.41, 5.74) is 1.36. The van der Waals surface area contributed by atoms with E-state index in [1.54, 1.807) is 11.3 Å². The van der Waals surface area contributed by atoms with Gasteiger partial charge in [-0.05, 0) is 57.7 Å². The molecule has 4 rings (SSSR count). The molecular formula is C16H22N4S. The minimum absolute atomic E-state index is 0.782. The highest BCUT2D eigenvalue weighted by atomic mass is 32.1. The summed E-state index contributed by atoms with van der Waals surface area (Å²) in [6.45, 7) is 11.0. The first-order valence-electron chi connectivity index (χ1n) is 7.83. The standard InChI is InChI=1S/C16H22N4S/c1-9-10(2)21-16-14(9)15(18-11(3)19-16)20-5-4-12-6-17-7-13(12)8-20/h12-13,17H,4-8H2,1-3H3. The summed E-state index contributed by atoms with van der Waals surface area (Å²) < 4.78 is 0. The number of aromatic nitrogens is 2. The molecular weight excluding hydrogens is 280 g/mol. The first-order chi connectivity index (χ1) is 10.1. The predicted molar refractivity (Wildman–Crippen MR) is 88.3 cm³/mol. The average Bonchev–Trinajstić information content (AvgIpc) is 3.03. The fraction of sp³-hybridized carbons (Fsp3) is 0.625. The zero-order chi connectivity index (χ0) is 14.6. The Hall–Kier alpha value is -1.20. The van der Waals surface area contributed by atoms with Gasteiger partial charge in [-0.2, -0.15) is 0 Å². The van der Waals surface area contributed by atoms with Gasteiger partial charge in [0.25, 0.3) is 0 Å². The smallest absolute Gasteiger partial charge is 0.141 e. The second-order valence-electron chi connectivity index (χ2n) is 6.47. The maximum atomic E-state index is 4.81. The lowest BCUT2D eigenvalue weighted by Crippen LogP contribution is -2.40. The van der Waals surface area contributed by atoms with Crippen molar-refractivity contribution in [3.05, 3.63) is 16.3 Å². The molecule has 0 saturated carbocycles. The molecule has 0 amide bonds. The predicted octanol–water partition coefficient (Wildman–Crippen LogP) is 2.66. The van der Waals surface area contributed by atoms with Crippen molar-refractivity contribution in [3.8, 4) is 0 Å². The molecule has 0 spiro atoms. The summed E-state index contributed by atoms with van der Waals surface area (Å²) in [6, 6.07) is 0. The summed E-state index contributed by atoms with van der Waals surface area (Å²) in [7, 11) is 0. The van der Waals surface area contributed by atoms with Crippen molar-refractivity contribution in [1.29, 1.82) is 0 Å². The van der Waals surface area contributed by atoms with Crippen LogP contribution in [-0.4, -0.2) is 36.1 Å². The highest BCUT2D eigenvalue weighted by molar-refractivity contribution is 7.18. The van der Waals surface area contributed by atoms with Gasteiger partial charge in [-0.1, -0.05) is 0 Å². The van der Waals surface area contributed by atoms with Gasteiger partial charge in [0.15, 0.2) is 0 Å². The van der Waals surface area contributed by atoms with Crippen LogP contribution in [0.3, 0.4) is 0 Å². The third-order valence-electron chi connectivity index (χ3n) is 5.13. The average molecular weight is 302 g/mol. The lowest BCUT2D eigenvalue weighted by atomic mass is 9.88. The van der Waals surface area contributed by atoms with Crippen LogP contribution in [0.4, 0.5) is 5.82 Å². The van der Waals surface area contributed by atoms with E-state index < -0.39 is 0 Å². The van der Waals surface area contributed by atoms with Crippen molar-refractivity contribution >= 4 is 27.4 Å². The van der Waals surface area contributed by atoms with Crippen molar-refractivity contribution in [2.24, 2.45) is 11.8 Å². The van der Waals surface area contributed by atoms with Crippen LogP contribution in [0, 0.1) is 32.6 Å². The van der Waals surface area contributed by atoms with Gasteiger partial charge >= 0.3 is 0 Å². The Bertz CT molecular complexity index is 693. The lowest BCUT2D eigenvalue weighted by Gasteiger charge is -2.35. The number of anilines is 1. The van der Waals surface area contributed by atoms with Crippen molar-refractivity contribution in [3.63, 3.8) is 0 Å². The van der Waals surface area contributed by atoms with Gasteiger partial charge in [-0.3, -0.25) is 0 Å². The SMILES string of the molecule is Cc1nc(N2CCC3CNCC3C2)c2c(C)c(C)sc2n1. The Labute approximate surface area is 129 Å². The summed E-state index contributed by atoms with van der Waals surface area (Å²) in [6.07, 6.45) is 1.28. The molecule has 2 aromatic rings. The molecule has 2 aliphatic heterocycles. The third-order valence-corrected chi connectivity index (χ3v) is 6.23. The number of hydrogen-bond acceptors (Lipinski definition) is 5. The van der Waals surface area contributed by atoms with Crippen molar-refractivity contribution < 1.29 is 0 Å². The number of hydrogen-bond donors (Lipinski definition) is 1. The number of rotatable bonds is 1. The summed E-state index contributed by atoms with van der Waals surface area (Å²) in [5.74, 6) is 3.71. The topological polar surface area (TPSA) is 41.1 Å². The van der Waals surface area contributed by atoms with E-state index >= 15 is 0 Å². The van der Waals surface area contributed by atoms with E-state index in [0.29, 0.717) is 0 Å². The maximum absolute atomic E-state index is 4.81. The van der Waals surface area contributed by atoms with E-state index in [4.69, 9.17) is 4.98 Å². The normalized spacial score (nSPS) is 25.6. The fourth-order valence-electron chi connectivity index (χ4n) is 3.79. The largest absolute Gasteiger partial charge is 0.356 e. The molecule has 1 N–H and O–H groups in total. The number of piperidine rings is 1. The van der Waals surface area contributed by atoms with Gasteiger partial charge in [-0.15, -0.1) is 11.3 Å². The van der Waals surface area contributed by atoms with E-state index in [0.717, 1.165) is 42.1 Å².